The molecule has 28 heavy (non-hydrogen) atoms. The van der Waals surface area contributed by atoms with Crippen LogP contribution in [0.2, 0.25) is 0 Å². The summed E-state index contributed by atoms with van der Waals surface area (Å²) in [4.78, 5) is 22.0. The van der Waals surface area contributed by atoms with E-state index in [0.717, 1.165) is 62.1 Å². The van der Waals surface area contributed by atoms with Crippen LogP contribution in [0, 0.1) is 20.8 Å². The number of nitrogens with zero attached hydrogens (tertiary/aromatic N) is 4. The van der Waals surface area contributed by atoms with Crippen molar-refractivity contribution in [2.24, 2.45) is 0 Å². The maximum atomic E-state index is 13.1. The van der Waals surface area contributed by atoms with Crippen LogP contribution in [0.5, 0.6) is 0 Å². The third-order valence-electron chi connectivity index (χ3n) is 5.79. The Balaban J connectivity index is 1.63. The smallest absolute Gasteiger partial charge is 0.254 e. The quantitative estimate of drug-likeness (QED) is 0.763. The third-order valence-corrected chi connectivity index (χ3v) is 5.79. The number of amides is 1. The summed E-state index contributed by atoms with van der Waals surface area (Å²) in [6, 6.07) is 4.22. The summed E-state index contributed by atoms with van der Waals surface area (Å²) in [7, 11) is 4.22. The van der Waals surface area contributed by atoms with Gasteiger partial charge >= 0.3 is 0 Å². The van der Waals surface area contributed by atoms with Crippen LogP contribution in [0.25, 0.3) is 0 Å². The molecule has 1 saturated heterocycles. The first-order chi connectivity index (χ1) is 13.4. The van der Waals surface area contributed by atoms with Gasteiger partial charge in [0.2, 0.25) is 0 Å². The Morgan fingerprint density at radius 2 is 1.79 bits per heavy atom. The van der Waals surface area contributed by atoms with E-state index in [1.807, 2.05) is 24.9 Å². The molecule has 0 atom stereocenters. The molecule has 0 aliphatic carbocycles. The van der Waals surface area contributed by atoms with Gasteiger partial charge in [0.1, 0.15) is 5.82 Å². The molecule has 2 heterocycles. The molecule has 3 rings (SSSR count). The number of aromatic nitrogens is 2. The van der Waals surface area contributed by atoms with Crippen LogP contribution in [0.3, 0.4) is 0 Å². The van der Waals surface area contributed by atoms with Gasteiger partial charge in [-0.15, -0.1) is 0 Å². The molecule has 1 aromatic carbocycles. The number of carbonyl (C=O) groups excluding carboxylic acids is 1. The second kappa shape index (κ2) is 8.91. The number of aryl methyl sites for hydroxylation is 4. The number of piperidine rings is 1. The summed E-state index contributed by atoms with van der Waals surface area (Å²) in [6.07, 6.45) is 7.11. The summed E-state index contributed by atoms with van der Waals surface area (Å²) in [5.74, 6) is 1.81. The minimum atomic E-state index is 0.183. The molecule has 1 amide bonds. The molecule has 0 N–H and O–H groups in total. The zero-order valence-electron chi connectivity index (χ0n) is 18.0. The number of hydrogen-bond donors (Lipinski definition) is 0. The highest BCUT2D eigenvalue weighted by Gasteiger charge is 2.28. The van der Waals surface area contributed by atoms with E-state index in [4.69, 9.17) is 0 Å². The minimum Gasteiger partial charge on any atom is -0.339 e. The van der Waals surface area contributed by atoms with Crippen molar-refractivity contribution in [3.05, 3.63) is 52.6 Å². The van der Waals surface area contributed by atoms with Gasteiger partial charge in [-0.05, 0) is 71.8 Å². The van der Waals surface area contributed by atoms with E-state index in [-0.39, 0.29) is 5.91 Å². The average molecular weight is 383 g/mol. The molecular weight excluding hydrogens is 348 g/mol. The van der Waals surface area contributed by atoms with E-state index in [2.05, 4.69) is 53.8 Å². The highest BCUT2D eigenvalue weighted by molar-refractivity contribution is 5.97. The standard InChI is InChI=1S/C23H34N4O/c1-17-15-18(2)21(19(3)16-17)23(28)27-12-7-20(8-13-27)22-24-9-14-26(22)11-6-10-25(4)5/h9,14-16,20H,6-8,10-13H2,1-5H3. The summed E-state index contributed by atoms with van der Waals surface area (Å²) in [6.45, 7) is 9.88. The lowest BCUT2D eigenvalue weighted by molar-refractivity contribution is 0.0709. The van der Waals surface area contributed by atoms with Gasteiger partial charge in [-0.1, -0.05) is 17.7 Å². The van der Waals surface area contributed by atoms with Crippen LogP contribution < -0.4 is 0 Å². The molecule has 1 fully saturated rings. The largest absolute Gasteiger partial charge is 0.339 e. The van der Waals surface area contributed by atoms with E-state index < -0.39 is 0 Å². The van der Waals surface area contributed by atoms with Crippen molar-refractivity contribution in [2.75, 3.05) is 33.7 Å². The van der Waals surface area contributed by atoms with Gasteiger partial charge in [-0.3, -0.25) is 4.79 Å². The molecule has 0 radical (unpaired) electrons. The SMILES string of the molecule is Cc1cc(C)c(C(=O)N2CCC(c3nccn3CCCN(C)C)CC2)c(C)c1. The summed E-state index contributed by atoms with van der Waals surface area (Å²) in [5, 5.41) is 0. The monoisotopic (exact) mass is 382 g/mol. The van der Waals surface area contributed by atoms with Crippen molar-refractivity contribution in [3.8, 4) is 0 Å². The van der Waals surface area contributed by atoms with E-state index >= 15 is 0 Å². The molecule has 1 aliphatic rings. The van der Waals surface area contributed by atoms with Crippen LogP contribution in [0.4, 0.5) is 0 Å². The molecule has 1 aromatic heterocycles. The zero-order valence-corrected chi connectivity index (χ0v) is 18.0. The molecular formula is C23H34N4O. The first-order valence-electron chi connectivity index (χ1n) is 10.4. The zero-order chi connectivity index (χ0) is 20.3. The van der Waals surface area contributed by atoms with Gasteiger partial charge in [-0.2, -0.15) is 0 Å². The van der Waals surface area contributed by atoms with Gasteiger partial charge in [0.25, 0.3) is 5.91 Å². The maximum Gasteiger partial charge on any atom is 0.254 e. The van der Waals surface area contributed by atoms with Gasteiger partial charge < -0.3 is 14.4 Å². The van der Waals surface area contributed by atoms with Crippen molar-refractivity contribution in [1.82, 2.24) is 19.4 Å². The second-order valence-electron chi connectivity index (χ2n) is 8.48. The minimum absolute atomic E-state index is 0.183. The number of imidazole rings is 1. The van der Waals surface area contributed by atoms with E-state index in [1.54, 1.807) is 0 Å². The first-order valence-corrected chi connectivity index (χ1v) is 10.4. The molecule has 0 saturated carbocycles. The van der Waals surface area contributed by atoms with Crippen molar-refractivity contribution < 1.29 is 4.79 Å². The predicted octanol–water partition coefficient (Wildman–Crippen LogP) is 3.78. The molecule has 5 heteroatoms. The fourth-order valence-electron chi connectivity index (χ4n) is 4.44. The van der Waals surface area contributed by atoms with E-state index in [0.29, 0.717) is 5.92 Å². The normalized spacial score (nSPS) is 15.4. The topological polar surface area (TPSA) is 41.4 Å². The summed E-state index contributed by atoms with van der Waals surface area (Å²) >= 11 is 0. The number of rotatable bonds is 6. The van der Waals surface area contributed by atoms with Crippen LogP contribution in [0.15, 0.2) is 24.5 Å². The van der Waals surface area contributed by atoms with Gasteiger partial charge in [0, 0.05) is 43.5 Å². The van der Waals surface area contributed by atoms with Crippen molar-refractivity contribution >= 4 is 5.91 Å². The number of carbonyl (C=O) groups is 1. The average Bonchev–Trinajstić information content (AvgIpc) is 3.09. The fraction of sp³-hybridized carbons (Fsp3) is 0.565. The molecule has 0 unspecified atom stereocenters. The molecule has 2 aromatic rings. The number of hydrogen-bond acceptors (Lipinski definition) is 3. The first kappa shape index (κ1) is 20.6. The highest BCUT2D eigenvalue weighted by atomic mass is 16.2. The van der Waals surface area contributed by atoms with Gasteiger partial charge in [0.15, 0.2) is 0 Å². The van der Waals surface area contributed by atoms with Crippen LogP contribution in [0.1, 0.15) is 58.1 Å². The summed E-state index contributed by atoms with van der Waals surface area (Å²) < 4.78 is 2.31. The Morgan fingerprint density at radius 3 is 2.39 bits per heavy atom. The second-order valence-corrected chi connectivity index (χ2v) is 8.48. The lowest BCUT2D eigenvalue weighted by Gasteiger charge is -2.32. The lowest BCUT2D eigenvalue weighted by Crippen LogP contribution is -2.39. The Morgan fingerprint density at radius 1 is 1.14 bits per heavy atom. The lowest BCUT2D eigenvalue weighted by atomic mass is 9.93. The number of benzene rings is 1. The molecule has 1 aliphatic heterocycles. The van der Waals surface area contributed by atoms with E-state index in [9.17, 15) is 4.79 Å². The third kappa shape index (κ3) is 4.64. The van der Waals surface area contributed by atoms with Gasteiger partial charge in [-0.25, -0.2) is 4.98 Å². The fourth-order valence-corrected chi connectivity index (χ4v) is 4.44. The Kier molecular flexibility index (Phi) is 6.55. The van der Waals surface area contributed by atoms with Crippen LogP contribution in [-0.4, -0.2) is 59.0 Å². The molecule has 0 bridgehead atoms. The molecule has 152 valence electrons. The van der Waals surface area contributed by atoms with Crippen molar-refractivity contribution in [1.29, 1.82) is 0 Å². The Bertz CT molecular complexity index is 793. The van der Waals surface area contributed by atoms with Crippen LogP contribution >= 0.6 is 0 Å². The molecule has 5 nitrogen and oxygen atoms in total. The Labute approximate surface area is 169 Å². The van der Waals surface area contributed by atoms with Crippen molar-refractivity contribution in [3.63, 3.8) is 0 Å². The van der Waals surface area contributed by atoms with E-state index in [1.165, 1.54) is 11.4 Å². The maximum absolute atomic E-state index is 13.1. The van der Waals surface area contributed by atoms with Crippen LogP contribution in [-0.2, 0) is 6.54 Å². The molecule has 0 spiro atoms. The number of likely N-dealkylation sites (tertiary alicyclic amines) is 1. The van der Waals surface area contributed by atoms with Crippen molar-refractivity contribution in [2.45, 2.75) is 52.5 Å². The summed E-state index contributed by atoms with van der Waals surface area (Å²) in [5.41, 5.74) is 4.27. The highest BCUT2D eigenvalue weighted by Crippen LogP contribution is 2.29. The van der Waals surface area contributed by atoms with Gasteiger partial charge in [0.05, 0.1) is 0 Å². The predicted molar refractivity (Wildman–Crippen MR) is 114 cm³/mol. The Hall–Kier alpha value is -2.14.